The Kier molecular flexibility index (Phi) is 8.51. The minimum atomic E-state index is -0.363. The molecule has 1 saturated heterocycles. The zero-order valence-electron chi connectivity index (χ0n) is 21.7. The summed E-state index contributed by atoms with van der Waals surface area (Å²) < 4.78 is 5.54. The molecule has 3 N–H and O–H groups in total. The molecule has 1 aliphatic rings. The summed E-state index contributed by atoms with van der Waals surface area (Å²) in [5.74, 6) is 0.706. The highest BCUT2D eigenvalue weighted by molar-refractivity contribution is 6.04. The Labute approximate surface area is 218 Å². The van der Waals surface area contributed by atoms with Crippen LogP contribution in [0.25, 0.3) is 0 Å². The van der Waals surface area contributed by atoms with Gasteiger partial charge in [0, 0.05) is 49.3 Å². The van der Waals surface area contributed by atoms with E-state index in [1.54, 1.807) is 13.2 Å². The van der Waals surface area contributed by atoms with Crippen LogP contribution in [0.2, 0.25) is 0 Å². The van der Waals surface area contributed by atoms with E-state index in [0.717, 1.165) is 49.7 Å². The van der Waals surface area contributed by atoms with Crippen molar-refractivity contribution in [3.8, 4) is 5.75 Å². The number of carbonyl (C=O) groups excluding carboxylic acids is 2. The number of carbonyl (C=O) groups is 2. The van der Waals surface area contributed by atoms with Gasteiger partial charge in [0.25, 0.3) is 5.91 Å². The molecule has 1 atom stereocenters. The lowest BCUT2D eigenvalue weighted by Crippen LogP contribution is -2.47. The molecule has 0 spiro atoms. The Morgan fingerprint density at radius 2 is 1.46 bits per heavy atom. The molecule has 3 aromatic carbocycles. The second-order valence-electron chi connectivity index (χ2n) is 9.11. The zero-order valence-corrected chi connectivity index (χ0v) is 21.7. The average molecular weight is 502 g/mol. The number of nitrogens with one attached hydrogen (secondary N) is 3. The number of amides is 3. The predicted octanol–water partition coefficient (Wildman–Crippen LogP) is 5.19. The maximum atomic E-state index is 13.3. The smallest absolute Gasteiger partial charge is 0.323 e. The van der Waals surface area contributed by atoms with Crippen molar-refractivity contribution in [3.63, 3.8) is 0 Å². The van der Waals surface area contributed by atoms with Crippen LogP contribution in [0.5, 0.6) is 5.75 Å². The van der Waals surface area contributed by atoms with E-state index in [9.17, 15) is 9.59 Å². The Hall–Kier alpha value is -4.20. The maximum Gasteiger partial charge on any atom is 0.323 e. The van der Waals surface area contributed by atoms with Gasteiger partial charge < -0.3 is 30.5 Å². The van der Waals surface area contributed by atoms with Gasteiger partial charge in [0.05, 0.1) is 18.4 Å². The van der Waals surface area contributed by atoms with Crippen LogP contribution in [-0.4, -0.2) is 51.3 Å². The minimum Gasteiger partial charge on any atom is -0.495 e. The van der Waals surface area contributed by atoms with Crippen molar-refractivity contribution in [1.82, 2.24) is 5.32 Å². The molecule has 0 saturated carbocycles. The number of nitrogens with zero attached hydrogens (tertiary/aromatic N) is 2. The van der Waals surface area contributed by atoms with Crippen LogP contribution in [0, 0.1) is 0 Å². The molecule has 0 radical (unpaired) electrons. The van der Waals surface area contributed by atoms with Crippen LogP contribution in [-0.2, 0) is 0 Å². The normalized spacial score (nSPS) is 14.0. The van der Waals surface area contributed by atoms with E-state index in [1.807, 2.05) is 74.5 Å². The second kappa shape index (κ2) is 12.2. The van der Waals surface area contributed by atoms with E-state index in [2.05, 4.69) is 31.8 Å². The third kappa shape index (κ3) is 6.52. The molecule has 4 rings (SSSR count). The molecule has 8 nitrogen and oxygen atoms in total. The zero-order chi connectivity index (χ0) is 26.2. The average Bonchev–Trinajstić information content (AvgIpc) is 2.93. The summed E-state index contributed by atoms with van der Waals surface area (Å²) in [6, 6.07) is 22.5. The molecule has 37 heavy (non-hydrogen) atoms. The molecule has 1 heterocycles. The fourth-order valence-corrected chi connectivity index (χ4v) is 4.37. The van der Waals surface area contributed by atoms with Crippen LogP contribution in [0.3, 0.4) is 0 Å². The Morgan fingerprint density at radius 3 is 2.14 bits per heavy atom. The highest BCUT2D eigenvalue weighted by Gasteiger charge is 2.24. The van der Waals surface area contributed by atoms with E-state index < -0.39 is 0 Å². The van der Waals surface area contributed by atoms with Crippen molar-refractivity contribution in [2.45, 2.75) is 26.3 Å². The number of anilines is 4. The van der Waals surface area contributed by atoms with E-state index in [0.29, 0.717) is 16.9 Å². The van der Waals surface area contributed by atoms with Gasteiger partial charge in [0.1, 0.15) is 5.75 Å². The van der Waals surface area contributed by atoms with Crippen molar-refractivity contribution in [3.05, 3.63) is 78.4 Å². The third-order valence-electron chi connectivity index (χ3n) is 6.57. The van der Waals surface area contributed by atoms with Crippen LogP contribution < -0.4 is 30.5 Å². The number of hydrogen-bond donors (Lipinski definition) is 3. The number of ether oxygens (including phenoxy) is 1. The SMILES string of the molecule is CCC(C)NC(=O)c1cc(NC(=O)Nc2ccccc2)ccc1N1CCN(c2ccccc2OC)CC1. The standard InChI is InChI=1S/C29H35N5O3/c1-4-21(2)30-28(35)24-20-23(32-29(36)31-22-10-6-5-7-11-22)14-15-25(24)33-16-18-34(19-17-33)26-12-8-9-13-27(26)37-3/h5-15,20-21H,4,16-19H2,1-3H3,(H,30,35)(H2,31,32,36). The minimum absolute atomic E-state index is 0.0423. The number of urea groups is 1. The molecule has 3 amide bonds. The van der Waals surface area contributed by atoms with Crippen LogP contribution in [0.4, 0.5) is 27.5 Å². The van der Waals surface area contributed by atoms with Crippen molar-refractivity contribution in [2.24, 2.45) is 0 Å². The van der Waals surface area contributed by atoms with Crippen LogP contribution in [0.15, 0.2) is 72.8 Å². The van der Waals surface area contributed by atoms with Gasteiger partial charge in [0.2, 0.25) is 0 Å². The third-order valence-corrected chi connectivity index (χ3v) is 6.57. The summed E-state index contributed by atoms with van der Waals surface area (Å²) in [7, 11) is 1.69. The quantitative estimate of drug-likeness (QED) is 0.395. The topological polar surface area (TPSA) is 85.9 Å². The fraction of sp³-hybridized carbons (Fsp3) is 0.310. The Morgan fingerprint density at radius 1 is 0.838 bits per heavy atom. The van der Waals surface area contributed by atoms with Crippen LogP contribution >= 0.6 is 0 Å². The molecule has 1 aliphatic heterocycles. The summed E-state index contributed by atoms with van der Waals surface area (Å²) >= 11 is 0. The van der Waals surface area contributed by atoms with Gasteiger partial charge in [0.15, 0.2) is 0 Å². The van der Waals surface area contributed by atoms with Gasteiger partial charge in [-0.2, -0.15) is 0 Å². The summed E-state index contributed by atoms with van der Waals surface area (Å²) in [5, 5.41) is 8.74. The molecular weight excluding hydrogens is 466 g/mol. The molecular formula is C29H35N5O3. The van der Waals surface area contributed by atoms with Crippen molar-refractivity contribution in [2.75, 3.05) is 53.7 Å². The number of piperazine rings is 1. The highest BCUT2D eigenvalue weighted by atomic mass is 16.5. The lowest BCUT2D eigenvalue weighted by atomic mass is 10.1. The summed E-state index contributed by atoms with van der Waals surface area (Å²) in [6.45, 7) is 7.12. The maximum absolute atomic E-state index is 13.3. The second-order valence-corrected chi connectivity index (χ2v) is 9.11. The fourth-order valence-electron chi connectivity index (χ4n) is 4.37. The van der Waals surface area contributed by atoms with Crippen LogP contribution in [0.1, 0.15) is 30.6 Å². The number of hydrogen-bond acceptors (Lipinski definition) is 5. The first-order valence-corrected chi connectivity index (χ1v) is 12.7. The molecule has 8 heteroatoms. The van der Waals surface area contributed by atoms with Gasteiger partial charge in [-0.05, 0) is 55.8 Å². The van der Waals surface area contributed by atoms with Gasteiger partial charge in [-0.1, -0.05) is 37.3 Å². The number of methoxy groups -OCH3 is 1. The molecule has 1 unspecified atom stereocenters. The predicted molar refractivity (Wildman–Crippen MR) is 150 cm³/mol. The lowest BCUT2D eigenvalue weighted by molar-refractivity contribution is 0.0939. The monoisotopic (exact) mass is 501 g/mol. The van der Waals surface area contributed by atoms with Crippen molar-refractivity contribution < 1.29 is 14.3 Å². The number of benzene rings is 3. The lowest BCUT2D eigenvalue weighted by Gasteiger charge is -2.38. The van der Waals surface area contributed by atoms with Gasteiger partial charge >= 0.3 is 6.03 Å². The van der Waals surface area contributed by atoms with Crippen molar-refractivity contribution in [1.29, 1.82) is 0 Å². The first-order valence-electron chi connectivity index (χ1n) is 12.7. The highest BCUT2D eigenvalue weighted by Crippen LogP contribution is 2.31. The molecule has 1 fully saturated rings. The van der Waals surface area contributed by atoms with Gasteiger partial charge in [-0.25, -0.2) is 4.79 Å². The summed E-state index contributed by atoms with van der Waals surface area (Å²) in [4.78, 5) is 30.4. The van der Waals surface area contributed by atoms with Gasteiger partial charge in [-0.15, -0.1) is 0 Å². The van der Waals surface area contributed by atoms with E-state index in [-0.39, 0.29) is 18.0 Å². The Balaban J connectivity index is 1.52. The largest absolute Gasteiger partial charge is 0.495 e. The molecule has 0 aromatic heterocycles. The molecule has 194 valence electrons. The summed E-state index contributed by atoms with van der Waals surface area (Å²) in [5.41, 5.74) is 3.72. The molecule has 3 aromatic rings. The summed E-state index contributed by atoms with van der Waals surface area (Å²) in [6.07, 6.45) is 0.829. The van der Waals surface area contributed by atoms with Crippen molar-refractivity contribution >= 4 is 34.7 Å². The van der Waals surface area contributed by atoms with Gasteiger partial charge in [-0.3, -0.25) is 4.79 Å². The molecule has 0 bridgehead atoms. The Bertz CT molecular complexity index is 1210. The van der Waals surface area contributed by atoms with E-state index in [4.69, 9.17) is 4.74 Å². The number of para-hydroxylation sites is 3. The number of rotatable bonds is 8. The first-order chi connectivity index (χ1) is 18.0. The molecule has 0 aliphatic carbocycles. The van der Waals surface area contributed by atoms with E-state index >= 15 is 0 Å². The first kappa shape index (κ1) is 25.9. The van der Waals surface area contributed by atoms with E-state index in [1.165, 1.54) is 0 Å².